The summed E-state index contributed by atoms with van der Waals surface area (Å²) in [5.74, 6) is -0.223. The van der Waals surface area contributed by atoms with Crippen molar-refractivity contribution in [3.63, 3.8) is 0 Å². The van der Waals surface area contributed by atoms with Gasteiger partial charge in [0.1, 0.15) is 29.6 Å². The van der Waals surface area contributed by atoms with Gasteiger partial charge in [-0.05, 0) is 31.9 Å². The highest BCUT2D eigenvalue weighted by Crippen LogP contribution is 2.23. The molecule has 0 radical (unpaired) electrons. The highest BCUT2D eigenvalue weighted by molar-refractivity contribution is 5.96. The molecule has 0 unspecified atom stereocenters. The van der Waals surface area contributed by atoms with Crippen LogP contribution in [0.15, 0.2) is 30.1 Å². The van der Waals surface area contributed by atoms with Crippen LogP contribution < -0.4 is 10.5 Å². The fraction of sp³-hybridized carbons (Fsp3) is 0.312. The zero-order valence-electron chi connectivity index (χ0n) is 13.0. The summed E-state index contributed by atoms with van der Waals surface area (Å²) < 4.78 is 5.52. The molecule has 0 aliphatic rings. The van der Waals surface area contributed by atoms with E-state index in [9.17, 15) is 9.90 Å². The predicted molar refractivity (Wildman–Crippen MR) is 84.5 cm³/mol. The molecule has 2 rings (SSSR count). The number of hydrogen-bond acceptors (Lipinski definition) is 5. The number of nitrogens with two attached hydrogens (primary N) is 1. The van der Waals surface area contributed by atoms with Crippen molar-refractivity contribution in [2.75, 3.05) is 6.61 Å². The Hall–Kier alpha value is -2.85. The number of fused-ring (bicyclic) bond motifs is 1. The smallest absolute Gasteiger partial charge is 0.259 e. The summed E-state index contributed by atoms with van der Waals surface area (Å²) in [6, 6.07) is 3.56. The molecule has 0 fully saturated rings. The molecule has 1 amide bonds. The van der Waals surface area contributed by atoms with Crippen molar-refractivity contribution in [1.82, 2.24) is 9.97 Å². The van der Waals surface area contributed by atoms with Gasteiger partial charge in [0.15, 0.2) is 0 Å². The van der Waals surface area contributed by atoms with E-state index in [-0.39, 0.29) is 12.2 Å². The van der Waals surface area contributed by atoms with Gasteiger partial charge in [-0.2, -0.15) is 5.26 Å². The van der Waals surface area contributed by atoms with Crippen molar-refractivity contribution < 1.29 is 14.6 Å². The Morgan fingerprint density at radius 1 is 1.61 bits per heavy atom. The number of amides is 1. The normalized spacial score (nSPS) is 12.2. The van der Waals surface area contributed by atoms with Crippen LogP contribution in [0.4, 0.5) is 0 Å². The number of nitriles is 1. The number of ether oxygens (including phenoxy) is 1. The molecule has 0 aromatic carbocycles. The predicted octanol–water partition coefficient (Wildman–Crippen LogP) is 1.19. The molecular weight excluding hydrogens is 296 g/mol. The van der Waals surface area contributed by atoms with E-state index in [0.717, 1.165) is 10.9 Å². The fourth-order valence-corrected chi connectivity index (χ4v) is 1.96. The SMILES string of the molecule is CC(C)(O)COc1cnc2[nH]cc(CC=C(C#N)C(N)=O)c2c1. The number of H-pyrrole nitrogens is 1. The second-order valence-corrected chi connectivity index (χ2v) is 5.78. The first kappa shape index (κ1) is 16.5. The van der Waals surface area contributed by atoms with Gasteiger partial charge in [0.05, 0.1) is 11.8 Å². The number of aromatic amines is 1. The molecular formula is C16H18N4O3. The number of nitrogens with one attached hydrogen (secondary N) is 1. The van der Waals surface area contributed by atoms with Gasteiger partial charge in [-0.1, -0.05) is 6.08 Å². The lowest BCUT2D eigenvalue weighted by molar-refractivity contribution is -0.114. The van der Waals surface area contributed by atoms with Crippen molar-refractivity contribution in [1.29, 1.82) is 5.26 Å². The third-order valence-electron chi connectivity index (χ3n) is 3.10. The Labute approximate surface area is 133 Å². The molecule has 23 heavy (non-hydrogen) atoms. The quantitative estimate of drug-likeness (QED) is 0.545. The maximum atomic E-state index is 11.1. The van der Waals surface area contributed by atoms with Crippen molar-refractivity contribution in [2.45, 2.75) is 25.9 Å². The standard InChI is InChI=1S/C16H18N4O3/c1-16(2,22)9-23-12-5-13-11(7-19-15(13)20-8-12)4-3-10(6-17)14(18)21/h3,5,7-8,22H,4,9H2,1-2H3,(H2,18,21)(H,19,20). The second-order valence-electron chi connectivity index (χ2n) is 5.78. The number of allylic oxidation sites excluding steroid dienone is 1. The largest absolute Gasteiger partial charge is 0.489 e. The number of rotatable bonds is 6. The minimum atomic E-state index is -0.943. The molecule has 2 aromatic rings. The van der Waals surface area contributed by atoms with Crippen LogP contribution in [0.5, 0.6) is 5.75 Å². The van der Waals surface area contributed by atoms with Gasteiger partial charge in [-0.25, -0.2) is 4.98 Å². The number of aliphatic hydroxyl groups is 1. The Bertz CT molecular complexity index is 794. The molecule has 2 heterocycles. The molecule has 7 nitrogen and oxygen atoms in total. The maximum absolute atomic E-state index is 11.1. The summed E-state index contributed by atoms with van der Waals surface area (Å²) in [5.41, 5.74) is 5.61. The molecule has 0 aliphatic heterocycles. The van der Waals surface area contributed by atoms with Gasteiger partial charge in [0.25, 0.3) is 5.91 Å². The number of hydrogen-bond donors (Lipinski definition) is 3. The molecule has 0 saturated carbocycles. The highest BCUT2D eigenvalue weighted by atomic mass is 16.5. The Balaban J connectivity index is 2.25. The van der Waals surface area contributed by atoms with Crippen LogP contribution in [0.1, 0.15) is 19.4 Å². The number of carbonyl (C=O) groups excluding carboxylic acids is 1. The zero-order chi connectivity index (χ0) is 17.0. The lowest BCUT2D eigenvalue weighted by atomic mass is 10.1. The minimum absolute atomic E-state index is 0.0817. The molecule has 0 atom stereocenters. The van der Waals surface area contributed by atoms with E-state index in [4.69, 9.17) is 15.7 Å². The Morgan fingerprint density at radius 3 is 2.96 bits per heavy atom. The number of primary amides is 1. The van der Waals surface area contributed by atoms with Gasteiger partial charge < -0.3 is 20.6 Å². The van der Waals surface area contributed by atoms with E-state index < -0.39 is 11.5 Å². The third kappa shape index (κ3) is 4.31. The Morgan fingerprint density at radius 2 is 2.35 bits per heavy atom. The van der Waals surface area contributed by atoms with E-state index in [0.29, 0.717) is 17.8 Å². The molecule has 0 spiro atoms. The molecule has 7 heteroatoms. The number of pyridine rings is 1. The topological polar surface area (TPSA) is 125 Å². The summed E-state index contributed by atoms with van der Waals surface area (Å²) in [5, 5.41) is 19.4. The Kier molecular flexibility index (Phi) is 4.67. The van der Waals surface area contributed by atoms with Crippen LogP contribution in [0.2, 0.25) is 0 Å². The first-order valence-electron chi connectivity index (χ1n) is 7.01. The van der Waals surface area contributed by atoms with Crippen molar-refractivity contribution in [2.24, 2.45) is 5.73 Å². The number of nitrogens with zero attached hydrogens (tertiary/aromatic N) is 2. The van der Waals surface area contributed by atoms with Gasteiger partial charge in [-0.3, -0.25) is 4.79 Å². The number of carbonyl (C=O) groups is 1. The van der Waals surface area contributed by atoms with E-state index in [1.807, 2.05) is 0 Å². The van der Waals surface area contributed by atoms with Crippen molar-refractivity contribution in [3.8, 4) is 11.8 Å². The lowest BCUT2D eigenvalue weighted by Crippen LogP contribution is -2.27. The lowest BCUT2D eigenvalue weighted by Gasteiger charge is -2.17. The first-order chi connectivity index (χ1) is 10.8. The molecule has 4 N–H and O–H groups in total. The average Bonchev–Trinajstić information content (AvgIpc) is 2.87. The van der Waals surface area contributed by atoms with Crippen LogP contribution >= 0.6 is 0 Å². The summed E-state index contributed by atoms with van der Waals surface area (Å²) in [7, 11) is 0. The zero-order valence-corrected chi connectivity index (χ0v) is 13.0. The van der Waals surface area contributed by atoms with Crippen molar-refractivity contribution in [3.05, 3.63) is 35.7 Å². The molecule has 2 aromatic heterocycles. The van der Waals surface area contributed by atoms with Gasteiger partial charge in [0, 0.05) is 11.6 Å². The molecule has 0 aliphatic carbocycles. The van der Waals surface area contributed by atoms with Crippen LogP contribution in [-0.2, 0) is 11.2 Å². The van der Waals surface area contributed by atoms with Crippen LogP contribution in [-0.4, -0.2) is 33.2 Å². The minimum Gasteiger partial charge on any atom is -0.489 e. The summed E-state index contributed by atoms with van der Waals surface area (Å²) in [6.07, 6.45) is 5.16. The maximum Gasteiger partial charge on any atom is 0.259 e. The highest BCUT2D eigenvalue weighted by Gasteiger charge is 2.14. The fourth-order valence-electron chi connectivity index (χ4n) is 1.96. The van der Waals surface area contributed by atoms with Gasteiger partial charge >= 0.3 is 0 Å². The third-order valence-corrected chi connectivity index (χ3v) is 3.10. The molecule has 120 valence electrons. The van der Waals surface area contributed by atoms with Gasteiger partial charge in [-0.15, -0.1) is 0 Å². The van der Waals surface area contributed by atoms with Crippen LogP contribution in [0.25, 0.3) is 11.0 Å². The van der Waals surface area contributed by atoms with E-state index in [1.165, 1.54) is 6.08 Å². The summed E-state index contributed by atoms with van der Waals surface area (Å²) >= 11 is 0. The molecule has 0 saturated heterocycles. The van der Waals surface area contributed by atoms with E-state index in [2.05, 4.69) is 9.97 Å². The summed E-state index contributed by atoms with van der Waals surface area (Å²) in [6.45, 7) is 3.44. The summed E-state index contributed by atoms with van der Waals surface area (Å²) in [4.78, 5) is 18.3. The van der Waals surface area contributed by atoms with Crippen LogP contribution in [0, 0.1) is 11.3 Å². The average molecular weight is 314 g/mol. The van der Waals surface area contributed by atoms with Crippen molar-refractivity contribution >= 4 is 16.9 Å². The number of aromatic nitrogens is 2. The van der Waals surface area contributed by atoms with Crippen LogP contribution in [0.3, 0.4) is 0 Å². The van der Waals surface area contributed by atoms with Gasteiger partial charge in [0.2, 0.25) is 0 Å². The van der Waals surface area contributed by atoms with E-state index in [1.54, 1.807) is 38.4 Å². The monoisotopic (exact) mass is 314 g/mol. The molecule has 0 bridgehead atoms. The van der Waals surface area contributed by atoms with E-state index >= 15 is 0 Å². The second kappa shape index (κ2) is 6.50. The first-order valence-corrected chi connectivity index (χ1v) is 7.01.